The van der Waals surface area contributed by atoms with Gasteiger partial charge in [-0.15, -0.1) is 0 Å². The minimum Gasteiger partial charge on any atom is -0.388 e. The number of rotatable bonds is 3. The molecule has 1 fully saturated rings. The molecule has 0 saturated carbocycles. The monoisotopic (exact) mass is 269 g/mol. The molecule has 2 rings (SSSR count). The third kappa shape index (κ3) is 2.25. The number of amides is 1. The largest absolute Gasteiger partial charge is 0.388 e. The van der Waals surface area contributed by atoms with E-state index in [-0.39, 0.29) is 0 Å². The Labute approximate surface area is 108 Å². The average Bonchev–Trinajstić information content (AvgIpc) is 2.66. The van der Waals surface area contributed by atoms with Crippen molar-refractivity contribution in [2.45, 2.75) is 37.9 Å². The first-order chi connectivity index (χ1) is 8.97. The minimum absolute atomic E-state index is 0.437. The van der Waals surface area contributed by atoms with Crippen molar-refractivity contribution in [2.24, 2.45) is 5.73 Å². The number of primary amides is 1. The van der Waals surface area contributed by atoms with Crippen LogP contribution in [0.1, 0.15) is 30.1 Å². The second kappa shape index (κ2) is 5.08. The molecule has 1 saturated heterocycles. The lowest BCUT2D eigenvalue weighted by Gasteiger charge is -2.17. The highest BCUT2D eigenvalue weighted by Crippen LogP contribution is 2.29. The molecule has 0 aromatic carbocycles. The van der Waals surface area contributed by atoms with Crippen LogP contribution in [-0.2, 0) is 4.74 Å². The summed E-state index contributed by atoms with van der Waals surface area (Å²) in [5.41, 5.74) is 3.83. The number of hydrogen-bond donors (Lipinski definition) is 3. The molecule has 1 aliphatic rings. The quantitative estimate of drug-likeness (QED) is 0.604. The molecule has 1 amide bonds. The van der Waals surface area contributed by atoms with Gasteiger partial charge >= 0.3 is 0 Å². The molecular formula is C11H15N3O5. The van der Waals surface area contributed by atoms with E-state index in [1.54, 1.807) is 6.92 Å². The fourth-order valence-electron chi connectivity index (χ4n) is 2.09. The summed E-state index contributed by atoms with van der Waals surface area (Å²) in [6.45, 7) is 1.78. The van der Waals surface area contributed by atoms with E-state index < -0.39 is 41.7 Å². The zero-order valence-electron chi connectivity index (χ0n) is 10.3. The molecule has 2 heterocycles. The number of carbonyl (C=O) groups is 1. The summed E-state index contributed by atoms with van der Waals surface area (Å²) in [4.78, 5) is 26.6. The van der Waals surface area contributed by atoms with Crippen LogP contribution < -0.4 is 11.3 Å². The van der Waals surface area contributed by atoms with Crippen LogP contribution in [0.4, 0.5) is 0 Å². The number of nitrogens with two attached hydrogens (primary N) is 1. The van der Waals surface area contributed by atoms with Crippen LogP contribution in [0, 0.1) is 0 Å². The molecule has 4 N–H and O–H groups in total. The summed E-state index contributed by atoms with van der Waals surface area (Å²) in [7, 11) is 0. The maximum Gasteiger partial charge on any atom is 0.284 e. The molecule has 0 aliphatic carbocycles. The maximum atomic E-state index is 12.0. The lowest BCUT2D eigenvalue weighted by Crippen LogP contribution is -2.37. The molecule has 0 spiro atoms. The Morgan fingerprint density at radius 2 is 2.21 bits per heavy atom. The van der Waals surface area contributed by atoms with Gasteiger partial charge in [0.1, 0.15) is 12.2 Å². The van der Waals surface area contributed by atoms with E-state index in [0.717, 1.165) is 4.57 Å². The van der Waals surface area contributed by atoms with Gasteiger partial charge in [-0.1, -0.05) is 6.92 Å². The van der Waals surface area contributed by atoms with Gasteiger partial charge in [0, 0.05) is 12.4 Å². The van der Waals surface area contributed by atoms with Crippen molar-refractivity contribution in [1.29, 1.82) is 0 Å². The zero-order valence-corrected chi connectivity index (χ0v) is 10.3. The Morgan fingerprint density at radius 1 is 1.53 bits per heavy atom. The van der Waals surface area contributed by atoms with Crippen LogP contribution in [-0.4, -0.2) is 44.0 Å². The summed E-state index contributed by atoms with van der Waals surface area (Å²) < 4.78 is 6.43. The number of hydrogen-bond acceptors (Lipinski definition) is 6. The van der Waals surface area contributed by atoms with Crippen molar-refractivity contribution in [3.8, 4) is 0 Å². The Bertz CT molecular complexity index is 543. The summed E-state index contributed by atoms with van der Waals surface area (Å²) in [5, 5.41) is 19.7. The number of aliphatic hydroxyl groups excluding tert-OH is 2. The van der Waals surface area contributed by atoms with Crippen LogP contribution in [0.25, 0.3) is 0 Å². The van der Waals surface area contributed by atoms with Gasteiger partial charge in [0.25, 0.3) is 11.5 Å². The Balaban J connectivity index is 2.41. The van der Waals surface area contributed by atoms with Gasteiger partial charge in [0.15, 0.2) is 11.9 Å². The van der Waals surface area contributed by atoms with Crippen molar-refractivity contribution in [3.63, 3.8) is 0 Å². The smallest absolute Gasteiger partial charge is 0.284 e. The van der Waals surface area contributed by atoms with E-state index in [2.05, 4.69) is 4.98 Å². The normalized spacial score (nSPS) is 30.5. The van der Waals surface area contributed by atoms with Crippen LogP contribution >= 0.6 is 0 Å². The first kappa shape index (κ1) is 13.7. The number of aliphatic hydroxyl groups is 2. The van der Waals surface area contributed by atoms with Crippen molar-refractivity contribution in [2.75, 3.05) is 0 Å². The second-order valence-electron chi connectivity index (χ2n) is 4.31. The van der Waals surface area contributed by atoms with Crippen molar-refractivity contribution in [3.05, 3.63) is 28.4 Å². The van der Waals surface area contributed by atoms with Crippen molar-refractivity contribution >= 4 is 5.91 Å². The minimum atomic E-state index is -1.26. The molecular weight excluding hydrogens is 254 g/mol. The summed E-state index contributed by atoms with van der Waals surface area (Å²) in [5.74, 6) is -0.959. The molecule has 4 atom stereocenters. The summed E-state index contributed by atoms with van der Waals surface area (Å²) >= 11 is 0. The molecule has 104 valence electrons. The van der Waals surface area contributed by atoms with E-state index in [1.165, 1.54) is 12.4 Å². The van der Waals surface area contributed by atoms with E-state index in [4.69, 9.17) is 10.5 Å². The zero-order chi connectivity index (χ0) is 14.2. The SMILES string of the molecule is CC[C@H]1O[C@@H](n2ccnc(C(N)=O)c2=O)[C@H](O)[C@@H]1O. The van der Waals surface area contributed by atoms with Gasteiger partial charge in [-0.05, 0) is 6.42 Å². The molecule has 0 radical (unpaired) electrons. The van der Waals surface area contributed by atoms with Gasteiger partial charge in [0.05, 0.1) is 6.10 Å². The predicted octanol–water partition coefficient (Wildman–Crippen LogP) is -1.63. The Morgan fingerprint density at radius 3 is 2.74 bits per heavy atom. The number of carbonyl (C=O) groups excluding carboxylic acids is 1. The third-order valence-electron chi connectivity index (χ3n) is 3.12. The molecule has 0 unspecified atom stereocenters. The second-order valence-corrected chi connectivity index (χ2v) is 4.31. The van der Waals surface area contributed by atoms with Gasteiger partial charge in [-0.3, -0.25) is 14.2 Å². The fraction of sp³-hybridized carbons (Fsp3) is 0.545. The summed E-state index contributed by atoms with van der Waals surface area (Å²) in [6, 6.07) is 0. The van der Waals surface area contributed by atoms with Crippen LogP contribution in [0.15, 0.2) is 17.2 Å². The van der Waals surface area contributed by atoms with Gasteiger partial charge in [0.2, 0.25) is 0 Å². The lowest BCUT2D eigenvalue weighted by atomic mass is 10.1. The molecule has 8 heteroatoms. The molecule has 1 aromatic heterocycles. The average molecular weight is 269 g/mol. The molecule has 8 nitrogen and oxygen atoms in total. The van der Waals surface area contributed by atoms with E-state index in [0.29, 0.717) is 6.42 Å². The van der Waals surface area contributed by atoms with Gasteiger partial charge < -0.3 is 20.7 Å². The van der Waals surface area contributed by atoms with Gasteiger partial charge in [-0.2, -0.15) is 0 Å². The standard InChI is InChI=1S/C11H15N3O5/c1-2-5-7(15)8(16)11(19-5)14-4-3-13-6(9(12)17)10(14)18/h3-5,7-8,11,15-16H,2H2,1H3,(H2,12,17)/t5-,7-,8-,11-/m1/s1. The van der Waals surface area contributed by atoms with Crippen molar-refractivity contribution in [1.82, 2.24) is 9.55 Å². The van der Waals surface area contributed by atoms with E-state index in [1.807, 2.05) is 0 Å². The predicted molar refractivity (Wildman–Crippen MR) is 63.2 cm³/mol. The maximum absolute atomic E-state index is 12.0. The summed E-state index contributed by atoms with van der Waals surface area (Å²) in [6.07, 6.45) is -1.02. The topological polar surface area (TPSA) is 128 Å². The first-order valence-corrected chi connectivity index (χ1v) is 5.86. The first-order valence-electron chi connectivity index (χ1n) is 5.86. The number of ether oxygens (including phenoxy) is 1. The highest BCUT2D eigenvalue weighted by molar-refractivity contribution is 5.90. The van der Waals surface area contributed by atoms with E-state index >= 15 is 0 Å². The van der Waals surface area contributed by atoms with Crippen molar-refractivity contribution < 1.29 is 19.7 Å². The van der Waals surface area contributed by atoms with E-state index in [9.17, 15) is 19.8 Å². The molecule has 0 bridgehead atoms. The molecule has 19 heavy (non-hydrogen) atoms. The number of nitrogens with zero attached hydrogens (tertiary/aromatic N) is 2. The third-order valence-corrected chi connectivity index (χ3v) is 3.12. The van der Waals surface area contributed by atoms with Crippen LogP contribution in [0.3, 0.4) is 0 Å². The molecule has 1 aliphatic heterocycles. The fourth-order valence-corrected chi connectivity index (χ4v) is 2.09. The number of aromatic nitrogens is 2. The molecule has 1 aromatic rings. The highest BCUT2D eigenvalue weighted by Gasteiger charge is 2.43. The van der Waals surface area contributed by atoms with Crippen LogP contribution in [0.5, 0.6) is 0 Å². The Kier molecular flexibility index (Phi) is 3.65. The Hall–Kier alpha value is -1.77. The highest BCUT2D eigenvalue weighted by atomic mass is 16.6. The van der Waals surface area contributed by atoms with Gasteiger partial charge in [-0.25, -0.2) is 4.98 Å². The van der Waals surface area contributed by atoms with Crippen LogP contribution in [0.2, 0.25) is 0 Å². The lowest BCUT2D eigenvalue weighted by molar-refractivity contribution is -0.0399.